The van der Waals surface area contributed by atoms with E-state index in [9.17, 15) is 14.9 Å². The first-order valence-corrected chi connectivity index (χ1v) is 8.06. The van der Waals surface area contributed by atoms with Gasteiger partial charge in [-0.05, 0) is 24.3 Å². The maximum absolute atomic E-state index is 12.4. The van der Waals surface area contributed by atoms with E-state index in [1.54, 1.807) is 0 Å². The minimum absolute atomic E-state index is 0.0124. The molecular formula is C16H12Cl2N2O5. The van der Waals surface area contributed by atoms with Crippen LogP contribution in [0.3, 0.4) is 0 Å². The fraction of sp³-hybridized carbons (Fsp3) is 0.188. The third-order valence-corrected chi connectivity index (χ3v) is 4.07. The Morgan fingerprint density at radius 1 is 1.12 bits per heavy atom. The lowest BCUT2D eigenvalue weighted by Gasteiger charge is -2.12. The van der Waals surface area contributed by atoms with Gasteiger partial charge in [0.25, 0.3) is 11.6 Å². The van der Waals surface area contributed by atoms with E-state index in [-0.39, 0.29) is 27.0 Å². The zero-order valence-corrected chi connectivity index (χ0v) is 14.3. The number of nitro benzene ring substituents is 1. The van der Waals surface area contributed by atoms with E-state index in [1.165, 1.54) is 30.3 Å². The zero-order chi connectivity index (χ0) is 18.0. The summed E-state index contributed by atoms with van der Waals surface area (Å²) >= 11 is 11.9. The highest BCUT2D eigenvalue weighted by Gasteiger charge is 2.19. The number of carbonyl (C=O) groups is 1. The number of halogens is 2. The van der Waals surface area contributed by atoms with Crippen LogP contribution in [0.2, 0.25) is 10.0 Å². The van der Waals surface area contributed by atoms with Crippen molar-refractivity contribution >= 4 is 40.5 Å². The topological polar surface area (TPSA) is 90.7 Å². The highest BCUT2D eigenvalue weighted by Crippen LogP contribution is 2.38. The van der Waals surface area contributed by atoms with Crippen LogP contribution in [0.15, 0.2) is 30.3 Å². The lowest BCUT2D eigenvalue weighted by molar-refractivity contribution is -0.384. The molecule has 7 nitrogen and oxygen atoms in total. The zero-order valence-electron chi connectivity index (χ0n) is 12.8. The quantitative estimate of drug-likeness (QED) is 0.630. The molecule has 1 N–H and O–H groups in total. The molecule has 25 heavy (non-hydrogen) atoms. The second-order valence-corrected chi connectivity index (χ2v) is 6.03. The Kier molecular flexibility index (Phi) is 4.96. The van der Waals surface area contributed by atoms with E-state index in [0.717, 1.165) is 0 Å². The number of hydrogen-bond donors (Lipinski definition) is 1. The fourth-order valence-electron chi connectivity index (χ4n) is 2.30. The number of ether oxygens (including phenoxy) is 2. The fourth-order valence-corrected chi connectivity index (χ4v) is 2.75. The van der Waals surface area contributed by atoms with Gasteiger partial charge >= 0.3 is 0 Å². The summed E-state index contributed by atoms with van der Waals surface area (Å²) < 4.78 is 11.0. The van der Waals surface area contributed by atoms with E-state index >= 15 is 0 Å². The van der Waals surface area contributed by atoms with Gasteiger partial charge in [0.05, 0.1) is 23.2 Å². The maximum atomic E-state index is 12.4. The first-order chi connectivity index (χ1) is 12.0. The van der Waals surface area contributed by atoms with Crippen LogP contribution in [0, 0.1) is 10.1 Å². The molecule has 0 aliphatic carbocycles. The van der Waals surface area contributed by atoms with Crippen LogP contribution in [-0.4, -0.2) is 24.0 Å². The van der Waals surface area contributed by atoms with Crippen molar-refractivity contribution in [2.45, 2.75) is 6.42 Å². The third-order valence-electron chi connectivity index (χ3n) is 3.47. The first kappa shape index (κ1) is 17.3. The summed E-state index contributed by atoms with van der Waals surface area (Å²) in [5.74, 6) is 0.296. The molecule has 0 saturated carbocycles. The molecule has 0 bridgehead atoms. The van der Waals surface area contributed by atoms with E-state index in [4.69, 9.17) is 32.7 Å². The third kappa shape index (κ3) is 3.78. The number of nitrogens with one attached hydrogen (secondary N) is 1. The summed E-state index contributed by atoms with van der Waals surface area (Å²) in [6, 6.07) is 6.97. The Morgan fingerprint density at radius 2 is 1.88 bits per heavy atom. The smallest absolute Gasteiger partial charge is 0.289 e. The van der Waals surface area contributed by atoms with E-state index < -0.39 is 10.8 Å². The van der Waals surface area contributed by atoms with Gasteiger partial charge in [0.2, 0.25) is 0 Å². The molecule has 0 atom stereocenters. The Hall–Kier alpha value is -2.51. The number of amides is 1. The van der Waals surface area contributed by atoms with Gasteiger partial charge in [-0.15, -0.1) is 0 Å². The molecule has 0 radical (unpaired) electrons. The average molecular weight is 383 g/mol. The van der Waals surface area contributed by atoms with E-state index in [2.05, 4.69) is 5.32 Å². The van der Waals surface area contributed by atoms with Crippen molar-refractivity contribution in [3.05, 3.63) is 56.1 Å². The molecule has 3 rings (SSSR count). The van der Waals surface area contributed by atoms with E-state index in [1.807, 2.05) is 0 Å². The average Bonchev–Trinajstić information content (AvgIpc) is 2.82. The van der Waals surface area contributed by atoms with Gasteiger partial charge < -0.3 is 14.8 Å². The largest absolute Gasteiger partial charge is 0.489 e. The van der Waals surface area contributed by atoms with Crippen molar-refractivity contribution in [3.8, 4) is 11.5 Å². The Balaban J connectivity index is 1.87. The summed E-state index contributed by atoms with van der Waals surface area (Å²) in [5.41, 5.74) is 0.187. The summed E-state index contributed by atoms with van der Waals surface area (Å²) in [5, 5.41) is 13.7. The molecule has 1 heterocycles. The van der Waals surface area contributed by atoms with Crippen molar-refractivity contribution in [3.63, 3.8) is 0 Å². The number of nitrogens with zero attached hydrogens (tertiary/aromatic N) is 1. The first-order valence-electron chi connectivity index (χ1n) is 7.30. The van der Waals surface area contributed by atoms with Crippen molar-refractivity contribution in [2.75, 3.05) is 18.5 Å². The van der Waals surface area contributed by atoms with Gasteiger partial charge in [-0.3, -0.25) is 14.9 Å². The minimum atomic E-state index is -0.623. The van der Waals surface area contributed by atoms with Crippen molar-refractivity contribution < 1.29 is 19.2 Å². The molecule has 0 saturated heterocycles. The predicted molar refractivity (Wildman–Crippen MR) is 93.1 cm³/mol. The highest BCUT2D eigenvalue weighted by atomic mass is 35.5. The van der Waals surface area contributed by atoms with Gasteiger partial charge in [-0.1, -0.05) is 23.2 Å². The molecule has 1 aliphatic heterocycles. The predicted octanol–water partition coefficient (Wildman–Crippen LogP) is 4.32. The Bertz CT molecular complexity index is 857. The van der Waals surface area contributed by atoms with Crippen LogP contribution in [-0.2, 0) is 0 Å². The molecule has 0 unspecified atom stereocenters. The monoisotopic (exact) mass is 382 g/mol. The standard InChI is InChI=1S/C16H12Cl2N2O5/c17-11-3-2-10(8-13(11)20(22)23)19-16(21)9-6-12(18)15-14(7-9)24-4-1-5-25-15/h2-3,6-8H,1,4-5H2,(H,19,21). The number of carbonyl (C=O) groups excluding carboxylic acids is 1. The number of fused-ring (bicyclic) bond motifs is 1. The molecule has 2 aromatic rings. The normalized spacial score (nSPS) is 13.0. The van der Waals surface area contributed by atoms with Gasteiger partial charge in [0.1, 0.15) is 5.02 Å². The summed E-state index contributed by atoms with van der Waals surface area (Å²) in [6.45, 7) is 0.935. The number of anilines is 1. The van der Waals surface area contributed by atoms with Crippen LogP contribution in [0.5, 0.6) is 11.5 Å². The summed E-state index contributed by atoms with van der Waals surface area (Å²) in [6.07, 6.45) is 0.709. The van der Waals surface area contributed by atoms with Crippen LogP contribution in [0.1, 0.15) is 16.8 Å². The summed E-state index contributed by atoms with van der Waals surface area (Å²) in [4.78, 5) is 22.7. The molecule has 1 amide bonds. The maximum Gasteiger partial charge on any atom is 0.289 e. The second kappa shape index (κ2) is 7.16. The molecule has 0 fully saturated rings. The number of hydrogen-bond acceptors (Lipinski definition) is 5. The lowest BCUT2D eigenvalue weighted by atomic mass is 10.1. The molecule has 9 heteroatoms. The molecule has 0 aromatic heterocycles. The number of rotatable bonds is 3. The van der Waals surface area contributed by atoms with E-state index in [0.29, 0.717) is 31.1 Å². The minimum Gasteiger partial charge on any atom is -0.489 e. The van der Waals surface area contributed by atoms with Gasteiger partial charge in [0, 0.05) is 23.7 Å². The van der Waals surface area contributed by atoms with Crippen LogP contribution in [0.4, 0.5) is 11.4 Å². The molecule has 0 spiro atoms. The van der Waals surface area contributed by atoms with Crippen LogP contribution in [0.25, 0.3) is 0 Å². The molecule has 1 aliphatic rings. The Labute approximate surface area is 152 Å². The Morgan fingerprint density at radius 3 is 2.64 bits per heavy atom. The van der Waals surface area contributed by atoms with Crippen molar-refractivity contribution in [2.24, 2.45) is 0 Å². The van der Waals surface area contributed by atoms with Crippen molar-refractivity contribution in [1.82, 2.24) is 0 Å². The van der Waals surface area contributed by atoms with Crippen LogP contribution < -0.4 is 14.8 Å². The molecule has 2 aromatic carbocycles. The number of nitro groups is 1. The van der Waals surface area contributed by atoms with Gasteiger partial charge in [0.15, 0.2) is 11.5 Å². The second-order valence-electron chi connectivity index (χ2n) is 5.21. The molecular weight excluding hydrogens is 371 g/mol. The van der Waals surface area contributed by atoms with Crippen LogP contribution >= 0.6 is 23.2 Å². The molecule has 130 valence electrons. The van der Waals surface area contributed by atoms with Crippen molar-refractivity contribution in [1.29, 1.82) is 0 Å². The summed E-state index contributed by atoms with van der Waals surface area (Å²) in [7, 11) is 0. The number of benzene rings is 2. The lowest BCUT2D eigenvalue weighted by Crippen LogP contribution is -2.12. The van der Waals surface area contributed by atoms with Gasteiger partial charge in [-0.25, -0.2) is 0 Å². The highest BCUT2D eigenvalue weighted by molar-refractivity contribution is 6.33. The van der Waals surface area contributed by atoms with Gasteiger partial charge in [-0.2, -0.15) is 0 Å². The SMILES string of the molecule is O=C(Nc1ccc(Cl)c([N+](=O)[O-])c1)c1cc(Cl)c2c(c1)OCCCO2.